The molecule has 0 spiro atoms. The number of amidine groups is 1. The van der Waals surface area contributed by atoms with Crippen LogP contribution in [-0.4, -0.2) is 11.9 Å². The van der Waals surface area contributed by atoms with Crippen LogP contribution in [-0.2, 0) is 4.84 Å². The summed E-state index contributed by atoms with van der Waals surface area (Å²) in [7, 11) is 0. The lowest BCUT2D eigenvalue weighted by Crippen LogP contribution is -2.11. The molecule has 0 saturated carbocycles. The molecule has 1 heterocycles. The number of rotatable bonds is 1. The second kappa shape index (κ2) is 2.53. The van der Waals surface area contributed by atoms with Crippen molar-refractivity contribution in [2.45, 2.75) is 19.4 Å². The van der Waals surface area contributed by atoms with Crippen LogP contribution in [0.15, 0.2) is 17.3 Å². The monoisotopic (exact) mass is 126 g/mol. The first kappa shape index (κ1) is 6.13. The molecule has 0 amide bonds. The van der Waals surface area contributed by atoms with E-state index in [9.17, 15) is 0 Å². The van der Waals surface area contributed by atoms with Crippen LogP contribution >= 0.6 is 0 Å². The van der Waals surface area contributed by atoms with Gasteiger partial charge in [-0.05, 0) is 13.0 Å². The Bertz CT molecular complexity index is 151. The summed E-state index contributed by atoms with van der Waals surface area (Å²) < 4.78 is 0. The highest BCUT2D eigenvalue weighted by Crippen LogP contribution is 2.07. The number of oxime groups is 1. The van der Waals surface area contributed by atoms with Crippen LogP contribution in [0.2, 0.25) is 0 Å². The first-order valence-electron chi connectivity index (χ1n) is 2.94. The largest absolute Gasteiger partial charge is 0.386 e. The third kappa shape index (κ3) is 1.45. The molecule has 0 radical (unpaired) electrons. The van der Waals surface area contributed by atoms with Crippen molar-refractivity contribution in [3.63, 3.8) is 0 Å². The predicted molar refractivity (Wildman–Crippen MR) is 35.9 cm³/mol. The number of hydrogen-bond acceptors (Lipinski definition) is 3. The fourth-order valence-electron chi connectivity index (χ4n) is 0.734. The maximum absolute atomic E-state index is 5.35. The van der Waals surface area contributed by atoms with E-state index >= 15 is 0 Å². The van der Waals surface area contributed by atoms with Gasteiger partial charge in [-0.3, -0.25) is 0 Å². The minimum Gasteiger partial charge on any atom is -0.386 e. The fraction of sp³-hybridized carbons (Fsp3) is 0.500. The van der Waals surface area contributed by atoms with E-state index in [-0.39, 0.29) is 6.10 Å². The molecular formula is C6H10N2O. The van der Waals surface area contributed by atoms with Crippen molar-refractivity contribution in [1.82, 2.24) is 0 Å². The van der Waals surface area contributed by atoms with Gasteiger partial charge in [0.1, 0.15) is 5.84 Å². The van der Waals surface area contributed by atoms with Gasteiger partial charge in [0.2, 0.25) is 0 Å². The van der Waals surface area contributed by atoms with Crippen molar-refractivity contribution >= 4 is 5.84 Å². The molecule has 0 fully saturated rings. The van der Waals surface area contributed by atoms with Crippen molar-refractivity contribution < 1.29 is 4.84 Å². The summed E-state index contributed by atoms with van der Waals surface area (Å²) in [6, 6.07) is 0. The van der Waals surface area contributed by atoms with Crippen molar-refractivity contribution in [2.75, 3.05) is 0 Å². The zero-order chi connectivity index (χ0) is 6.69. The van der Waals surface area contributed by atoms with E-state index in [4.69, 9.17) is 10.6 Å². The van der Waals surface area contributed by atoms with Gasteiger partial charge in [-0.1, -0.05) is 11.2 Å². The zero-order valence-corrected chi connectivity index (χ0v) is 5.37. The topological polar surface area (TPSA) is 47.6 Å². The van der Waals surface area contributed by atoms with Gasteiger partial charge in [0, 0.05) is 0 Å². The highest BCUT2D eigenvalue weighted by Gasteiger charge is 2.14. The van der Waals surface area contributed by atoms with Crippen LogP contribution in [0, 0.1) is 0 Å². The van der Waals surface area contributed by atoms with Gasteiger partial charge in [0.15, 0.2) is 6.10 Å². The first-order valence-corrected chi connectivity index (χ1v) is 2.94. The van der Waals surface area contributed by atoms with Crippen LogP contribution in [0.5, 0.6) is 0 Å². The van der Waals surface area contributed by atoms with Gasteiger partial charge in [-0.15, -0.1) is 0 Å². The van der Waals surface area contributed by atoms with E-state index in [0.717, 1.165) is 6.42 Å². The molecule has 1 unspecified atom stereocenters. The summed E-state index contributed by atoms with van der Waals surface area (Å²) in [5.74, 6) is 0.582. The summed E-state index contributed by atoms with van der Waals surface area (Å²) in [5.41, 5.74) is 5.35. The summed E-state index contributed by atoms with van der Waals surface area (Å²) >= 11 is 0. The average Bonchev–Trinajstić information content (AvgIpc) is 2.17. The standard InChI is InChI=1S/C6H10N2O/c1-2-3-5-4-6(7)8-9-5/h2-3,5H,4H2,1H3,(H2,7,8)/b3-2+. The zero-order valence-electron chi connectivity index (χ0n) is 5.37. The fourth-order valence-corrected chi connectivity index (χ4v) is 0.734. The third-order valence-electron chi connectivity index (χ3n) is 1.12. The summed E-state index contributed by atoms with van der Waals surface area (Å²) in [4.78, 5) is 4.88. The second-order valence-corrected chi connectivity index (χ2v) is 1.96. The molecule has 1 aliphatic rings. The maximum atomic E-state index is 5.35. The van der Waals surface area contributed by atoms with E-state index in [1.54, 1.807) is 0 Å². The molecule has 1 rings (SSSR count). The Morgan fingerprint density at radius 3 is 3.11 bits per heavy atom. The molecule has 9 heavy (non-hydrogen) atoms. The summed E-state index contributed by atoms with van der Waals surface area (Å²) in [6.45, 7) is 1.94. The van der Waals surface area contributed by atoms with Gasteiger partial charge >= 0.3 is 0 Å². The third-order valence-corrected chi connectivity index (χ3v) is 1.12. The Morgan fingerprint density at radius 1 is 1.89 bits per heavy atom. The van der Waals surface area contributed by atoms with Crippen LogP contribution in [0.3, 0.4) is 0 Å². The Morgan fingerprint density at radius 2 is 2.67 bits per heavy atom. The lowest BCUT2D eigenvalue weighted by Gasteiger charge is -1.97. The molecule has 3 nitrogen and oxygen atoms in total. The molecular weight excluding hydrogens is 116 g/mol. The number of nitrogens with two attached hydrogens (primary N) is 1. The normalized spacial score (nSPS) is 26.3. The molecule has 50 valence electrons. The maximum Gasteiger partial charge on any atom is 0.152 e. The molecule has 3 heteroatoms. The van der Waals surface area contributed by atoms with Crippen molar-refractivity contribution in [3.05, 3.63) is 12.2 Å². The Kier molecular flexibility index (Phi) is 1.72. The lowest BCUT2D eigenvalue weighted by molar-refractivity contribution is 0.120. The van der Waals surface area contributed by atoms with E-state index in [1.165, 1.54) is 0 Å². The Hall–Kier alpha value is -0.990. The molecule has 0 saturated heterocycles. The summed E-state index contributed by atoms with van der Waals surface area (Å²) in [5, 5.41) is 3.58. The van der Waals surface area contributed by atoms with Gasteiger partial charge in [-0.2, -0.15) is 0 Å². The minimum absolute atomic E-state index is 0.0787. The van der Waals surface area contributed by atoms with Gasteiger partial charge in [-0.25, -0.2) is 0 Å². The van der Waals surface area contributed by atoms with Crippen molar-refractivity contribution in [2.24, 2.45) is 10.9 Å². The van der Waals surface area contributed by atoms with E-state index < -0.39 is 0 Å². The van der Waals surface area contributed by atoms with E-state index in [0.29, 0.717) is 5.84 Å². The molecule has 0 aromatic carbocycles. The molecule has 0 aromatic rings. The van der Waals surface area contributed by atoms with Crippen LogP contribution in [0.1, 0.15) is 13.3 Å². The van der Waals surface area contributed by atoms with Crippen LogP contribution < -0.4 is 5.73 Å². The highest BCUT2D eigenvalue weighted by atomic mass is 16.6. The predicted octanol–water partition coefficient (Wildman–Crippen LogP) is 0.624. The quantitative estimate of drug-likeness (QED) is 0.523. The van der Waals surface area contributed by atoms with Crippen LogP contribution in [0.4, 0.5) is 0 Å². The van der Waals surface area contributed by atoms with Gasteiger partial charge < -0.3 is 10.6 Å². The van der Waals surface area contributed by atoms with Gasteiger partial charge in [0.25, 0.3) is 0 Å². The number of allylic oxidation sites excluding steroid dienone is 1. The van der Waals surface area contributed by atoms with Gasteiger partial charge in [0.05, 0.1) is 6.42 Å². The molecule has 0 aromatic heterocycles. The molecule has 0 aliphatic carbocycles. The molecule has 0 bridgehead atoms. The number of hydrogen-bond donors (Lipinski definition) is 1. The minimum atomic E-state index is 0.0787. The highest BCUT2D eigenvalue weighted by molar-refractivity contribution is 5.81. The summed E-state index contributed by atoms with van der Waals surface area (Å²) in [6.07, 6.45) is 4.67. The van der Waals surface area contributed by atoms with E-state index in [2.05, 4.69) is 5.16 Å². The average molecular weight is 126 g/mol. The SMILES string of the molecule is C/C=C/C1CC(N)=NO1. The molecule has 2 N–H and O–H groups in total. The van der Waals surface area contributed by atoms with Crippen molar-refractivity contribution in [1.29, 1.82) is 0 Å². The lowest BCUT2D eigenvalue weighted by atomic mass is 10.2. The molecule has 1 atom stereocenters. The molecule has 1 aliphatic heterocycles. The first-order chi connectivity index (χ1) is 4.33. The second-order valence-electron chi connectivity index (χ2n) is 1.96. The number of nitrogens with zero attached hydrogens (tertiary/aromatic N) is 1. The van der Waals surface area contributed by atoms with Crippen molar-refractivity contribution in [3.8, 4) is 0 Å². The Balaban J connectivity index is 2.37. The smallest absolute Gasteiger partial charge is 0.152 e. The van der Waals surface area contributed by atoms with Crippen LogP contribution in [0.25, 0.3) is 0 Å². The Labute approximate surface area is 54.2 Å². The van der Waals surface area contributed by atoms with E-state index in [1.807, 2.05) is 19.1 Å².